The molecule has 0 radical (unpaired) electrons. The molecule has 2 aromatic heterocycles. The largest absolute Gasteiger partial charge is 0.277 e. The van der Waals surface area contributed by atoms with Crippen LogP contribution in [0.25, 0.3) is 33.5 Å². The van der Waals surface area contributed by atoms with E-state index in [1.54, 1.807) is 12.4 Å². The van der Waals surface area contributed by atoms with Gasteiger partial charge in [-0.25, -0.2) is 0 Å². The lowest BCUT2D eigenvalue weighted by atomic mass is 9.97. The topological polar surface area (TPSA) is 65.4 Å². The molecule has 0 atom stereocenters. The first-order chi connectivity index (χ1) is 12.8. The zero-order valence-electron chi connectivity index (χ0n) is 14.3. The second kappa shape index (κ2) is 6.66. The van der Waals surface area contributed by atoms with Gasteiger partial charge < -0.3 is 0 Å². The second-order valence-corrected chi connectivity index (χ2v) is 6.11. The summed E-state index contributed by atoms with van der Waals surface area (Å²) in [4.78, 5) is 4.07. The van der Waals surface area contributed by atoms with Crippen molar-refractivity contribution in [2.24, 2.45) is 0 Å². The molecule has 4 aromatic rings. The van der Waals surface area contributed by atoms with Gasteiger partial charge in [-0.05, 0) is 47.4 Å². The number of nitrogens with one attached hydrogen (secondary N) is 1. The lowest BCUT2D eigenvalue weighted by molar-refractivity contribution is 1.09. The standard InChI is InChI=1S/C22H16N4/c1-15-12-19(6-7-20(15)13-23)16-2-4-17(5-3-16)21-14-25-26-22(21)18-8-10-24-11-9-18/h2-12,14H,1H3,(H,25,26). The number of H-pyrrole nitrogens is 1. The van der Waals surface area contributed by atoms with Crippen molar-refractivity contribution >= 4 is 0 Å². The molecule has 4 rings (SSSR count). The number of aromatic nitrogens is 3. The van der Waals surface area contributed by atoms with Crippen molar-refractivity contribution in [1.29, 1.82) is 5.26 Å². The smallest absolute Gasteiger partial charge is 0.0994 e. The van der Waals surface area contributed by atoms with Gasteiger partial charge in [-0.2, -0.15) is 10.4 Å². The van der Waals surface area contributed by atoms with Crippen molar-refractivity contribution in [2.45, 2.75) is 6.92 Å². The van der Waals surface area contributed by atoms with E-state index in [0.29, 0.717) is 5.56 Å². The number of aromatic amines is 1. The van der Waals surface area contributed by atoms with Gasteiger partial charge in [-0.15, -0.1) is 0 Å². The molecule has 26 heavy (non-hydrogen) atoms. The van der Waals surface area contributed by atoms with Crippen molar-refractivity contribution in [2.75, 3.05) is 0 Å². The maximum atomic E-state index is 9.08. The van der Waals surface area contributed by atoms with Crippen LogP contribution in [-0.4, -0.2) is 15.2 Å². The summed E-state index contributed by atoms with van der Waals surface area (Å²) in [5.41, 5.74) is 8.12. The fourth-order valence-electron chi connectivity index (χ4n) is 3.05. The zero-order valence-corrected chi connectivity index (χ0v) is 14.3. The van der Waals surface area contributed by atoms with E-state index in [9.17, 15) is 0 Å². The summed E-state index contributed by atoms with van der Waals surface area (Å²) in [5.74, 6) is 0. The highest BCUT2D eigenvalue weighted by atomic mass is 15.1. The predicted octanol–water partition coefficient (Wildman–Crippen LogP) is 4.99. The van der Waals surface area contributed by atoms with Gasteiger partial charge >= 0.3 is 0 Å². The minimum Gasteiger partial charge on any atom is -0.277 e. The van der Waals surface area contributed by atoms with Crippen LogP contribution >= 0.6 is 0 Å². The molecule has 0 fully saturated rings. The van der Waals surface area contributed by atoms with Gasteiger partial charge in [0.25, 0.3) is 0 Å². The summed E-state index contributed by atoms with van der Waals surface area (Å²) >= 11 is 0. The van der Waals surface area contributed by atoms with Crippen molar-refractivity contribution in [1.82, 2.24) is 15.2 Å². The van der Waals surface area contributed by atoms with Crippen molar-refractivity contribution in [3.8, 4) is 39.6 Å². The molecule has 0 saturated heterocycles. The highest BCUT2D eigenvalue weighted by molar-refractivity contribution is 5.81. The monoisotopic (exact) mass is 336 g/mol. The lowest BCUT2D eigenvalue weighted by Crippen LogP contribution is -1.86. The number of pyridine rings is 1. The number of nitrogens with zero attached hydrogens (tertiary/aromatic N) is 3. The first-order valence-electron chi connectivity index (χ1n) is 8.31. The van der Waals surface area contributed by atoms with E-state index in [2.05, 4.69) is 45.5 Å². The molecule has 4 nitrogen and oxygen atoms in total. The van der Waals surface area contributed by atoms with Gasteiger partial charge in [0.2, 0.25) is 0 Å². The number of hydrogen-bond acceptors (Lipinski definition) is 3. The molecule has 0 unspecified atom stereocenters. The van der Waals surface area contributed by atoms with Gasteiger partial charge in [-0.1, -0.05) is 36.4 Å². The Bertz CT molecular complexity index is 1090. The van der Waals surface area contributed by atoms with Crippen LogP contribution in [0.5, 0.6) is 0 Å². The summed E-state index contributed by atoms with van der Waals surface area (Å²) in [6, 6.07) is 20.4. The van der Waals surface area contributed by atoms with Gasteiger partial charge in [0, 0.05) is 23.5 Å². The Balaban J connectivity index is 1.69. The van der Waals surface area contributed by atoms with Gasteiger partial charge in [-0.3, -0.25) is 10.1 Å². The third-order valence-electron chi connectivity index (χ3n) is 4.48. The van der Waals surface area contributed by atoms with E-state index in [-0.39, 0.29) is 0 Å². The van der Waals surface area contributed by atoms with E-state index >= 15 is 0 Å². The normalized spacial score (nSPS) is 10.5. The Labute approximate surface area is 151 Å². The molecule has 4 heteroatoms. The fourth-order valence-corrected chi connectivity index (χ4v) is 3.05. The minimum atomic E-state index is 0.714. The summed E-state index contributed by atoms with van der Waals surface area (Å²) in [6.07, 6.45) is 5.39. The SMILES string of the molecule is Cc1cc(-c2ccc(-c3cn[nH]c3-c3ccncc3)cc2)ccc1C#N. The lowest BCUT2D eigenvalue weighted by Gasteiger charge is -2.07. The van der Waals surface area contributed by atoms with Crippen molar-refractivity contribution in [3.05, 3.63) is 84.3 Å². The van der Waals surface area contributed by atoms with E-state index in [0.717, 1.165) is 39.1 Å². The number of hydrogen-bond donors (Lipinski definition) is 1. The molecule has 0 bridgehead atoms. The first-order valence-corrected chi connectivity index (χ1v) is 8.31. The molecule has 0 spiro atoms. The van der Waals surface area contributed by atoms with Crippen LogP contribution in [0.1, 0.15) is 11.1 Å². The van der Waals surface area contributed by atoms with Crippen LogP contribution in [0.3, 0.4) is 0 Å². The summed E-state index contributed by atoms with van der Waals surface area (Å²) in [7, 11) is 0. The maximum absolute atomic E-state index is 9.08. The highest BCUT2D eigenvalue weighted by Gasteiger charge is 2.10. The molecule has 0 aliphatic rings. The Hall–Kier alpha value is -3.71. The molecule has 0 saturated carbocycles. The molecule has 124 valence electrons. The van der Waals surface area contributed by atoms with Crippen LogP contribution in [0.15, 0.2) is 73.2 Å². The van der Waals surface area contributed by atoms with Crippen LogP contribution < -0.4 is 0 Å². The Morgan fingerprint density at radius 2 is 1.54 bits per heavy atom. The molecule has 2 heterocycles. The van der Waals surface area contributed by atoms with Gasteiger partial charge in [0.05, 0.1) is 23.5 Å². The molecule has 2 aromatic carbocycles. The average Bonchev–Trinajstić information content (AvgIpc) is 3.18. The third-order valence-corrected chi connectivity index (χ3v) is 4.48. The van der Waals surface area contributed by atoms with Gasteiger partial charge in [0.1, 0.15) is 0 Å². The number of nitriles is 1. The van der Waals surface area contributed by atoms with Crippen molar-refractivity contribution < 1.29 is 0 Å². The molecule has 0 aliphatic heterocycles. The average molecular weight is 336 g/mol. The number of rotatable bonds is 3. The Morgan fingerprint density at radius 1 is 0.846 bits per heavy atom. The van der Waals surface area contributed by atoms with E-state index < -0.39 is 0 Å². The van der Waals surface area contributed by atoms with E-state index in [4.69, 9.17) is 5.26 Å². The van der Waals surface area contributed by atoms with Crippen LogP contribution in [-0.2, 0) is 0 Å². The highest BCUT2D eigenvalue weighted by Crippen LogP contribution is 2.31. The quantitative estimate of drug-likeness (QED) is 0.573. The zero-order chi connectivity index (χ0) is 17.9. The fraction of sp³-hybridized carbons (Fsp3) is 0.0455. The number of aryl methyl sites for hydroxylation is 1. The minimum absolute atomic E-state index is 0.714. The maximum Gasteiger partial charge on any atom is 0.0994 e. The van der Waals surface area contributed by atoms with Crippen LogP contribution in [0, 0.1) is 18.3 Å². The first kappa shape index (κ1) is 15.8. The predicted molar refractivity (Wildman–Crippen MR) is 102 cm³/mol. The Kier molecular flexibility index (Phi) is 4.04. The summed E-state index contributed by atoms with van der Waals surface area (Å²) in [5, 5.41) is 16.4. The van der Waals surface area contributed by atoms with Crippen molar-refractivity contribution in [3.63, 3.8) is 0 Å². The summed E-state index contributed by atoms with van der Waals surface area (Å²) < 4.78 is 0. The third kappa shape index (κ3) is 2.87. The molecule has 0 amide bonds. The summed E-state index contributed by atoms with van der Waals surface area (Å²) in [6.45, 7) is 1.96. The molecule has 0 aliphatic carbocycles. The van der Waals surface area contributed by atoms with E-state index in [1.165, 1.54) is 0 Å². The Morgan fingerprint density at radius 3 is 2.23 bits per heavy atom. The molecular weight excluding hydrogens is 320 g/mol. The van der Waals surface area contributed by atoms with E-state index in [1.807, 2.05) is 43.5 Å². The van der Waals surface area contributed by atoms with Crippen LogP contribution in [0.2, 0.25) is 0 Å². The molecular formula is C22H16N4. The van der Waals surface area contributed by atoms with Crippen LogP contribution in [0.4, 0.5) is 0 Å². The number of benzene rings is 2. The molecule has 1 N–H and O–H groups in total. The second-order valence-electron chi connectivity index (χ2n) is 6.11. The van der Waals surface area contributed by atoms with Gasteiger partial charge in [0.15, 0.2) is 0 Å².